The van der Waals surface area contributed by atoms with E-state index in [9.17, 15) is 13.2 Å². The molecule has 0 fully saturated rings. The van der Waals surface area contributed by atoms with E-state index in [1.807, 2.05) is 11.0 Å². The van der Waals surface area contributed by atoms with Crippen molar-refractivity contribution in [2.24, 2.45) is 0 Å². The summed E-state index contributed by atoms with van der Waals surface area (Å²) in [5.74, 6) is -0.180. The number of nitrogens with zero attached hydrogens (tertiary/aromatic N) is 1. The van der Waals surface area contributed by atoms with Gasteiger partial charge in [-0.2, -0.15) is 0 Å². The zero-order valence-corrected chi connectivity index (χ0v) is 12.2. The van der Waals surface area contributed by atoms with Crippen LogP contribution in [0.25, 0.3) is 11.1 Å². The minimum Gasteiger partial charge on any atom is -0.771 e. The van der Waals surface area contributed by atoms with Crippen LogP contribution in [0, 0.1) is 5.82 Å². The fourth-order valence-corrected chi connectivity index (χ4v) is 3.22. The number of hydrogen-bond donors (Lipinski definition) is 0. The maximum Gasteiger partial charge on any atom is 0.123 e. The lowest BCUT2D eigenvalue weighted by Crippen LogP contribution is -2.33. The highest BCUT2D eigenvalue weighted by Crippen LogP contribution is 2.26. The minimum absolute atomic E-state index is 0.0697. The van der Waals surface area contributed by atoms with Crippen molar-refractivity contribution in [3.8, 4) is 11.1 Å². The van der Waals surface area contributed by atoms with Crippen molar-refractivity contribution in [3.05, 3.63) is 59.4 Å². The van der Waals surface area contributed by atoms with Gasteiger partial charge in [0, 0.05) is 13.1 Å². The SMILES string of the molecule is O=S([O-])CN1CCc2ccc(-c3ccc(F)cc3)cc2C1. The van der Waals surface area contributed by atoms with Crippen LogP contribution in [0.2, 0.25) is 0 Å². The summed E-state index contributed by atoms with van der Waals surface area (Å²) >= 11 is -2.05. The van der Waals surface area contributed by atoms with Gasteiger partial charge in [0.05, 0.1) is 5.88 Å². The minimum atomic E-state index is -2.05. The molecular weight excluding hydrogens is 289 g/mol. The Labute approximate surface area is 125 Å². The monoisotopic (exact) mass is 304 g/mol. The zero-order chi connectivity index (χ0) is 14.8. The Morgan fingerprint density at radius 3 is 2.52 bits per heavy atom. The van der Waals surface area contributed by atoms with Crippen LogP contribution < -0.4 is 0 Å². The number of halogens is 1. The molecule has 110 valence electrons. The Morgan fingerprint density at radius 2 is 1.81 bits per heavy atom. The van der Waals surface area contributed by atoms with Crippen LogP contribution in [0.15, 0.2) is 42.5 Å². The van der Waals surface area contributed by atoms with Crippen molar-refractivity contribution in [1.82, 2.24) is 4.90 Å². The van der Waals surface area contributed by atoms with Gasteiger partial charge in [0.1, 0.15) is 5.82 Å². The van der Waals surface area contributed by atoms with Gasteiger partial charge in [-0.1, -0.05) is 24.3 Å². The molecule has 1 unspecified atom stereocenters. The number of benzene rings is 2. The van der Waals surface area contributed by atoms with Gasteiger partial charge in [-0.3, -0.25) is 9.11 Å². The van der Waals surface area contributed by atoms with Crippen molar-refractivity contribution >= 4 is 11.1 Å². The third-order valence-electron chi connectivity index (χ3n) is 3.76. The Balaban J connectivity index is 1.87. The Kier molecular flexibility index (Phi) is 4.14. The molecule has 0 aromatic heterocycles. The largest absolute Gasteiger partial charge is 0.771 e. The molecule has 1 aliphatic heterocycles. The van der Waals surface area contributed by atoms with E-state index in [0.29, 0.717) is 6.54 Å². The lowest BCUT2D eigenvalue weighted by molar-refractivity contribution is 0.290. The van der Waals surface area contributed by atoms with Gasteiger partial charge in [-0.05, 0) is 58.0 Å². The summed E-state index contributed by atoms with van der Waals surface area (Å²) in [4.78, 5) is 1.92. The summed E-state index contributed by atoms with van der Waals surface area (Å²) in [5.41, 5.74) is 4.39. The molecule has 2 aromatic rings. The van der Waals surface area contributed by atoms with Crippen LogP contribution in [0.1, 0.15) is 11.1 Å². The molecule has 0 saturated heterocycles. The van der Waals surface area contributed by atoms with Gasteiger partial charge in [0.2, 0.25) is 0 Å². The van der Waals surface area contributed by atoms with Crippen molar-refractivity contribution in [2.45, 2.75) is 13.0 Å². The molecule has 0 aliphatic carbocycles. The normalized spacial score (nSPS) is 16.5. The number of fused-ring (bicyclic) bond motifs is 1. The maximum atomic E-state index is 13.0. The Morgan fingerprint density at radius 1 is 1.10 bits per heavy atom. The first-order chi connectivity index (χ1) is 10.1. The molecule has 3 rings (SSSR count). The van der Waals surface area contributed by atoms with E-state index in [2.05, 4.69) is 12.1 Å². The highest BCUT2D eigenvalue weighted by Gasteiger charge is 2.16. The molecule has 0 bridgehead atoms. The molecule has 0 N–H and O–H groups in total. The Bertz CT molecular complexity index is 672. The molecular formula is C16H15FNO2S-. The van der Waals surface area contributed by atoms with Crippen LogP contribution in [-0.2, 0) is 24.0 Å². The van der Waals surface area contributed by atoms with E-state index < -0.39 is 11.1 Å². The summed E-state index contributed by atoms with van der Waals surface area (Å²) < 4.78 is 34.6. The summed E-state index contributed by atoms with van der Waals surface area (Å²) in [5, 5.41) is 0. The van der Waals surface area contributed by atoms with Gasteiger partial charge in [0.25, 0.3) is 0 Å². The summed E-state index contributed by atoms with van der Waals surface area (Å²) in [6, 6.07) is 12.6. The third-order valence-corrected chi connectivity index (χ3v) is 4.34. The molecule has 5 heteroatoms. The van der Waals surface area contributed by atoms with E-state index in [0.717, 1.165) is 29.7 Å². The quantitative estimate of drug-likeness (QED) is 0.819. The average molecular weight is 304 g/mol. The van der Waals surface area contributed by atoms with Crippen LogP contribution in [0.3, 0.4) is 0 Å². The maximum absolute atomic E-state index is 13.0. The van der Waals surface area contributed by atoms with Gasteiger partial charge in [-0.25, -0.2) is 4.39 Å². The number of hydrogen-bond acceptors (Lipinski definition) is 3. The molecule has 1 heterocycles. The molecule has 0 radical (unpaired) electrons. The first-order valence-electron chi connectivity index (χ1n) is 6.78. The topological polar surface area (TPSA) is 43.4 Å². The van der Waals surface area contributed by atoms with Crippen LogP contribution >= 0.6 is 0 Å². The van der Waals surface area contributed by atoms with Gasteiger partial charge in [0.15, 0.2) is 0 Å². The number of rotatable bonds is 3. The Hall–Kier alpha value is -1.56. The van der Waals surface area contributed by atoms with Gasteiger partial charge >= 0.3 is 0 Å². The lowest BCUT2D eigenvalue weighted by atomic mass is 9.95. The average Bonchev–Trinajstić information content (AvgIpc) is 2.46. The first kappa shape index (κ1) is 14.4. The molecule has 2 aromatic carbocycles. The van der Waals surface area contributed by atoms with E-state index in [-0.39, 0.29) is 11.7 Å². The van der Waals surface area contributed by atoms with Gasteiger partial charge in [-0.15, -0.1) is 0 Å². The molecule has 0 spiro atoms. The second-order valence-electron chi connectivity index (χ2n) is 5.23. The fraction of sp³-hybridized carbons (Fsp3) is 0.250. The van der Waals surface area contributed by atoms with Crippen LogP contribution in [0.4, 0.5) is 4.39 Å². The second-order valence-corrected chi connectivity index (χ2v) is 6.09. The van der Waals surface area contributed by atoms with Crippen molar-refractivity contribution in [2.75, 3.05) is 12.4 Å². The molecule has 0 amide bonds. The van der Waals surface area contributed by atoms with Gasteiger partial charge < -0.3 is 4.55 Å². The smallest absolute Gasteiger partial charge is 0.123 e. The molecule has 3 nitrogen and oxygen atoms in total. The van der Waals surface area contributed by atoms with E-state index >= 15 is 0 Å². The zero-order valence-electron chi connectivity index (χ0n) is 11.4. The van der Waals surface area contributed by atoms with Crippen LogP contribution in [-0.4, -0.2) is 26.1 Å². The summed E-state index contributed by atoms with van der Waals surface area (Å²) in [6.07, 6.45) is 0.857. The lowest BCUT2D eigenvalue weighted by Gasteiger charge is -2.29. The molecule has 0 saturated carbocycles. The molecule has 1 aliphatic rings. The van der Waals surface area contributed by atoms with E-state index in [1.54, 1.807) is 12.1 Å². The first-order valence-corrected chi connectivity index (χ1v) is 8.02. The highest BCUT2D eigenvalue weighted by molar-refractivity contribution is 7.79. The predicted molar refractivity (Wildman–Crippen MR) is 79.7 cm³/mol. The third kappa shape index (κ3) is 3.37. The van der Waals surface area contributed by atoms with Crippen LogP contribution in [0.5, 0.6) is 0 Å². The fourth-order valence-electron chi connectivity index (χ4n) is 2.70. The summed E-state index contributed by atoms with van der Waals surface area (Å²) in [7, 11) is 0. The second kappa shape index (κ2) is 6.05. The standard InChI is InChI=1S/C16H16FNO2S/c17-16-5-3-12(4-6-16)14-2-1-13-7-8-18(11-21(19)20)10-15(13)9-14/h1-6,9H,7-8,10-11H2,(H,19,20)/p-1. The molecule has 21 heavy (non-hydrogen) atoms. The van der Waals surface area contributed by atoms with E-state index in [1.165, 1.54) is 17.7 Å². The van der Waals surface area contributed by atoms with Crippen molar-refractivity contribution in [3.63, 3.8) is 0 Å². The predicted octanol–water partition coefficient (Wildman–Crippen LogP) is 2.69. The molecule has 1 atom stereocenters. The van der Waals surface area contributed by atoms with Crippen molar-refractivity contribution < 1.29 is 13.2 Å². The highest BCUT2D eigenvalue weighted by atomic mass is 32.2. The van der Waals surface area contributed by atoms with Crippen molar-refractivity contribution in [1.29, 1.82) is 0 Å². The summed E-state index contributed by atoms with van der Waals surface area (Å²) in [6.45, 7) is 1.40. The van der Waals surface area contributed by atoms with E-state index in [4.69, 9.17) is 0 Å².